The third-order valence-electron chi connectivity index (χ3n) is 4.77. The van der Waals surface area contributed by atoms with Gasteiger partial charge in [0.05, 0.1) is 0 Å². The van der Waals surface area contributed by atoms with Crippen molar-refractivity contribution in [2.45, 2.75) is 46.2 Å². The largest absolute Gasteiger partial charge is 0.484 e. The first-order chi connectivity index (χ1) is 14.3. The number of unbranched alkanes of at least 4 members (excludes halogenated alkanes) is 1. The number of ether oxygens (including phenoxy) is 1. The van der Waals surface area contributed by atoms with Crippen molar-refractivity contribution >= 4 is 35.0 Å². The van der Waals surface area contributed by atoms with Gasteiger partial charge in [0.2, 0.25) is 5.91 Å². The van der Waals surface area contributed by atoms with Crippen LogP contribution in [0.15, 0.2) is 42.5 Å². The molecule has 0 bridgehead atoms. The third kappa shape index (κ3) is 6.92. The van der Waals surface area contributed by atoms with E-state index < -0.39 is 6.04 Å². The number of carbonyl (C=O) groups excluding carboxylic acids is 2. The molecular formula is C23H28Cl2N2O3. The topological polar surface area (TPSA) is 58.6 Å². The lowest BCUT2D eigenvalue weighted by atomic mass is 10.1. The zero-order valence-corrected chi connectivity index (χ0v) is 19.1. The zero-order chi connectivity index (χ0) is 22.1. The minimum absolute atomic E-state index is 0.108. The molecule has 1 atom stereocenters. The molecule has 0 saturated carbocycles. The maximum Gasteiger partial charge on any atom is 0.261 e. The van der Waals surface area contributed by atoms with Gasteiger partial charge in [-0.1, -0.05) is 60.3 Å². The predicted molar refractivity (Wildman–Crippen MR) is 121 cm³/mol. The van der Waals surface area contributed by atoms with E-state index in [9.17, 15) is 9.59 Å². The quantitative estimate of drug-likeness (QED) is 0.517. The Kier molecular flexibility index (Phi) is 9.47. The van der Waals surface area contributed by atoms with E-state index in [0.717, 1.165) is 18.4 Å². The summed E-state index contributed by atoms with van der Waals surface area (Å²) in [5.41, 5.74) is 1.69. The number of nitrogens with zero attached hydrogens (tertiary/aromatic N) is 1. The molecule has 0 aromatic heterocycles. The first kappa shape index (κ1) is 24.0. The minimum Gasteiger partial charge on any atom is -0.484 e. The van der Waals surface area contributed by atoms with Crippen molar-refractivity contribution in [3.63, 3.8) is 0 Å². The average Bonchev–Trinajstić information content (AvgIpc) is 2.72. The molecule has 30 heavy (non-hydrogen) atoms. The zero-order valence-electron chi connectivity index (χ0n) is 17.6. The fourth-order valence-electron chi connectivity index (χ4n) is 2.83. The number of carbonyl (C=O) groups is 2. The lowest BCUT2D eigenvalue weighted by molar-refractivity contribution is -0.142. The van der Waals surface area contributed by atoms with Crippen LogP contribution in [0.1, 0.15) is 37.8 Å². The Balaban J connectivity index is 2.17. The Bertz CT molecular complexity index is 836. The van der Waals surface area contributed by atoms with E-state index in [4.69, 9.17) is 27.9 Å². The first-order valence-corrected chi connectivity index (χ1v) is 10.8. The Morgan fingerprint density at radius 1 is 1.10 bits per heavy atom. The van der Waals surface area contributed by atoms with Gasteiger partial charge >= 0.3 is 0 Å². The smallest absolute Gasteiger partial charge is 0.261 e. The molecule has 0 fully saturated rings. The molecule has 1 N–H and O–H groups in total. The monoisotopic (exact) mass is 450 g/mol. The van der Waals surface area contributed by atoms with Gasteiger partial charge in [-0.25, -0.2) is 0 Å². The van der Waals surface area contributed by atoms with Crippen molar-refractivity contribution in [1.82, 2.24) is 10.2 Å². The summed E-state index contributed by atoms with van der Waals surface area (Å²) in [4.78, 5) is 27.1. The molecule has 0 radical (unpaired) electrons. The summed E-state index contributed by atoms with van der Waals surface area (Å²) >= 11 is 12.6. The second-order valence-electron chi connectivity index (χ2n) is 7.14. The van der Waals surface area contributed by atoms with Crippen LogP contribution in [0.5, 0.6) is 5.75 Å². The van der Waals surface area contributed by atoms with Gasteiger partial charge in [0.25, 0.3) is 5.91 Å². The molecule has 0 saturated heterocycles. The summed E-state index contributed by atoms with van der Waals surface area (Å²) in [5, 5.41) is 3.76. The Labute approximate surface area is 188 Å². The molecule has 0 spiro atoms. The van der Waals surface area contributed by atoms with Crippen LogP contribution in [0.25, 0.3) is 0 Å². The van der Waals surface area contributed by atoms with Crippen LogP contribution in [0, 0.1) is 6.92 Å². The summed E-state index contributed by atoms with van der Waals surface area (Å²) in [5.74, 6) is 0.0322. The molecule has 2 aromatic rings. The number of aryl methyl sites for hydroxylation is 1. The van der Waals surface area contributed by atoms with E-state index in [1.165, 1.54) is 4.90 Å². The van der Waals surface area contributed by atoms with Crippen LogP contribution in [0.4, 0.5) is 0 Å². The highest BCUT2D eigenvalue weighted by molar-refractivity contribution is 6.36. The van der Waals surface area contributed by atoms with Gasteiger partial charge in [-0.3, -0.25) is 9.59 Å². The van der Waals surface area contributed by atoms with Gasteiger partial charge in [0.15, 0.2) is 6.61 Å². The summed E-state index contributed by atoms with van der Waals surface area (Å²) < 4.78 is 5.64. The lowest BCUT2D eigenvalue weighted by Gasteiger charge is -2.29. The van der Waals surface area contributed by atoms with Gasteiger partial charge < -0.3 is 15.0 Å². The van der Waals surface area contributed by atoms with Crippen LogP contribution in [-0.2, 0) is 16.1 Å². The number of halogens is 2. The molecule has 0 aliphatic carbocycles. The summed E-state index contributed by atoms with van der Waals surface area (Å²) in [6.45, 7) is 6.19. The first-order valence-electron chi connectivity index (χ1n) is 10.0. The van der Waals surface area contributed by atoms with Crippen molar-refractivity contribution < 1.29 is 14.3 Å². The number of rotatable bonds is 10. The fourth-order valence-corrected chi connectivity index (χ4v) is 3.35. The number of amides is 2. The average molecular weight is 451 g/mol. The fraction of sp³-hybridized carbons (Fsp3) is 0.391. The van der Waals surface area contributed by atoms with Crippen LogP contribution >= 0.6 is 23.2 Å². The van der Waals surface area contributed by atoms with Gasteiger partial charge in [0, 0.05) is 28.7 Å². The SMILES string of the molecule is CCCCNC(=O)C(C)N(Cc1c(Cl)cccc1Cl)C(=O)COc1ccc(C)cc1. The molecule has 0 aliphatic rings. The van der Waals surface area contributed by atoms with Crippen LogP contribution in [0.3, 0.4) is 0 Å². The maximum absolute atomic E-state index is 13.0. The van der Waals surface area contributed by atoms with E-state index >= 15 is 0 Å². The van der Waals surface area contributed by atoms with E-state index in [-0.39, 0.29) is 25.0 Å². The number of hydrogen-bond acceptors (Lipinski definition) is 3. The number of hydrogen-bond donors (Lipinski definition) is 1. The highest BCUT2D eigenvalue weighted by Crippen LogP contribution is 2.26. The van der Waals surface area contributed by atoms with Crippen molar-refractivity contribution in [1.29, 1.82) is 0 Å². The molecule has 1 unspecified atom stereocenters. The van der Waals surface area contributed by atoms with Crippen LogP contribution < -0.4 is 10.1 Å². The van der Waals surface area contributed by atoms with Crippen LogP contribution in [0.2, 0.25) is 10.0 Å². The Morgan fingerprint density at radius 2 is 1.73 bits per heavy atom. The van der Waals surface area contributed by atoms with Crippen molar-refractivity contribution in [2.75, 3.05) is 13.2 Å². The van der Waals surface area contributed by atoms with Gasteiger partial charge in [0.1, 0.15) is 11.8 Å². The Morgan fingerprint density at radius 3 is 2.33 bits per heavy atom. The molecule has 2 rings (SSSR count). The predicted octanol–water partition coefficient (Wildman–Crippen LogP) is 5.01. The van der Waals surface area contributed by atoms with Crippen molar-refractivity contribution in [2.24, 2.45) is 0 Å². The lowest BCUT2D eigenvalue weighted by Crippen LogP contribution is -2.49. The highest BCUT2D eigenvalue weighted by Gasteiger charge is 2.27. The third-order valence-corrected chi connectivity index (χ3v) is 5.48. The summed E-state index contributed by atoms with van der Waals surface area (Å²) in [7, 11) is 0. The molecule has 0 aliphatic heterocycles. The summed E-state index contributed by atoms with van der Waals surface area (Å²) in [6, 6.07) is 11.9. The van der Waals surface area contributed by atoms with Gasteiger partial charge in [-0.15, -0.1) is 0 Å². The highest BCUT2D eigenvalue weighted by atomic mass is 35.5. The molecule has 162 valence electrons. The van der Waals surface area contributed by atoms with Gasteiger partial charge in [-0.05, 0) is 44.5 Å². The maximum atomic E-state index is 13.0. The minimum atomic E-state index is -0.705. The molecule has 2 aromatic carbocycles. The van der Waals surface area contributed by atoms with E-state index in [2.05, 4.69) is 5.32 Å². The number of benzene rings is 2. The molecular weight excluding hydrogens is 423 g/mol. The molecule has 7 heteroatoms. The second kappa shape index (κ2) is 11.8. The van der Waals surface area contributed by atoms with E-state index in [0.29, 0.717) is 27.9 Å². The molecule has 0 heterocycles. The molecule has 2 amide bonds. The molecule has 5 nitrogen and oxygen atoms in total. The van der Waals surface area contributed by atoms with E-state index in [1.54, 1.807) is 37.3 Å². The van der Waals surface area contributed by atoms with Crippen molar-refractivity contribution in [3.05, 3.63) is 63.6 Å². The second-order valence-corrected chi connectivity index (χ2v) is 7.96. The van der Waals surface area contributed by atoms with Gasteiger partial charge in [-0.2, -0.15) is 0 Å². The van der Waals surface area contributed by atoms with Crippen LogP contribution in [-0.4, -0.2) is 35.9 Å². The standard InChI is InChI=1S/C23H28Cl2N2O3/c1-4-5-13-26-23(29)17(3)27(14-19-20(24)7-6-8-21(19)25)22(28)15-30-18-11-9-16(2)10-12-18/h6-12,17H,4-5,13-15H2,1-3H3,(H,26,29). The normalized spacial score (nSPS) is 11.6. The Hall–Kier alpha value is -2.24. The van der Waals surface area contributed by atoms with E-state index in [1.807, 2.05) is 26.0 Å². The summed E-state index contributed by atoms with van der Waals surface area (Å²) in [6.07, 6.45) is 1.84. The number of nitrogens with one attached hydrogen (secondary N) is 1. The van der Waals surface area contributed by atoms with Crippen molar-refractivity contribution in [3.8, 4) is 5.75 Å².